The summed E-state index contributed by atoms with van der Waals surface area (Å²) in [6, 6.07) is 0. The van der Waals surface area contributed by atoms with Gasteiger partial charge in [0.05, 0.1) is 12.7 Å². The zero-order chi connectivity index (χ0) is 8.85. The molecule has 1 amide bonds. The summed E-state index contributed by atoms with van der Waals surface area (Å²) >= 11 is 0. The van der Waals surface area contributed by atoms with E-state index < -0.39 is 0 Å². The topological polar surface area (TPSA) is 55.6 Å². The van der Waals surface area contributed by atoms with Crippen LogP contribution >= 0.6 is 0 Å². The first kappa shape index (κ1) is 10.4. The van der Waals surface area contributed by atoms with Gasteiger partial charge >= 0.3 is 0 Å². The number of primary amides is 1. The highest BCUT2D eigenvalue weighted by molar-refractivity contribution is 5.70. The molecule has 0 radical (unpaired) electrons. The molecule has 1 fully saturated rings. The predicted molar refractivity (Wildman–Crippen MR) is 44.1 cm³/mol. The number of carbonyl (C=O) groups excluding carboxylic acids is 1. The van der Waals surface area contributed by atoms with Gasteiger partial charge in [0.1, 0.15) is 0 Å². The molecule has 11 heavy (non-hydrogen) atoms. The molecular weight excluding hydrogens is 142 g/mol. The van der Waals surface area contributed by atoms with E-state index in [0.29, 0.717) is 6.10 Å². The van der Waals surface area contributed by atoms with Crippen LogP contribution in [-0.4, -0.2) is 18.6 Å². The molecule has 0 saturated carbocycles. The van der Waals surface area contributed by atoms with Crippen LogP contribution in [0.2, 0.25) is 0 Å². The maximum Gasteiger partial charge on any atom is 0.214 e. The van der Waals surface area contributed by atoms with E-state index in [9.17, 15) is 4.79 Å². The quantitative estimate of drug-likeness (QED) is 0.609. The van der Waals surface area contributed by atoms with Crippen LogP contribution in [0.25, 0.3) is 0 Å². The second kappa shape index (κ2) is 5.13. The molecule has 2 N–H and O–H groups in total. The molecule has 1 saturated heterocycles. The highest BCUT2D eigenvalue weighted by atomic mass is 16.6. The average Bonchev–Trinajstić information content (AvgIpc) is 2.66. The van der Waals surface area contributed by atoms with Crippen molar-refractivity contribution < 1.29 is 9.53 Å². The first-order valence-corrected chi connectivity index (χ1v) is 3.95. The van der Waals surface area contributed by atoms with Gasteiger partial charge in [-0.1, -0.05) is 20.3 Å². The third-order valence-corrected chi connectivity index (χ3v) is 1.64. The molecule has 2 atom stereocenters. The molecule has 0 unspecified atom stereocenters. The summed E-state index contributed by atoms with van der Waals surface area (Å²) in [6.45, 7) is 6.75. The van der Waals surface area contributed by atoms with Gasteiger partial charge in [-0.2, -0.15) is 0 Å². The fourth-order valence-electron chi connectivity index (χ4n) is 0.647. The van der Waals surface area contributed by atoms with Gasteiger partial charge in [0.25, 0.3) is 0 Å². The van der Waals surface area contributed by atoms with Crippen molar-refractivity contribution in [2.45, 2.75) is 33.3 Å². The van der Waals surface area contributed by atoms with Crippen LogP contribution in [0, 0.1) is 5.92 Å². The molecule has 0 aromatic heterocycles. The Labute approximate surface area is 67.9 Å². The lowest BCUT2D eigenvalue weighted by atomic mass is 10.1. The lowest BCUT2D eigenvalue weighted by Gasteiger charge is -1.98. The normalized spacial score (nSPS) is 23.0. The zero-order valence-corrected chi connectivity index (χ0v) is 7.46. The number of ether oxygens (including phenoxy) is 1. The predicted octanol–water partition coefficient (Wildman–Crippen LogP) is 0.923. The lowest BCUT2D eigenvalue weighted by molar-refractivity contribution is -0.115. The van der Waals surface area contributed by atoms with Crippen molar-refractivity contribution in [2.75, 3.05) is 6.61 Å². The van der Waals surface area contributed by atoms with Crippen LogP contribution in [0.5, 0.6) is 0 Å². The molecule has 0 bridgehead atoms. The summed E-state index contributed by atoms with van der Waals surface area (Å²) in [6.07, 6.45) is 1.87. The number of hydrogen-bond donors (Lipinski definition) is 1. The fourth-order valence-corrected chi connectivity index (χ4v) is 0.647. The van der Waals surface area contributed by atoms with Crippen LogP contribution in [-0.2, 0) is 9.53 Å². The number of epoxide rings is 1. The Balaban J connectivity index is 0.000000218. The van der Waals surface area contributed by atoms with Gasteiger partial charge in [-0.05, 0) is 5.92 Å². The number of carbonyl (C=O) groups is 1. The van der Waals surface area contributed by atoms with Crippen LogP contribution in [0.4, 0.5) is 0 Å². The fraction of sp³-hybridized carbons (Fsp3) is 0.875. The number of hydrogen-bond acceptors (Lipinski definition) is 2. The van der Waals surface area contributed by atoms with Crippen molar-refractivity contribution in [1.82, 2.24) is 0 Å². The SMILES string of the molecule is CC(N)=O.CC[C@H](C)[C@H]1CO1. The third kappa shape index (κ3) is 7.33. The Morgan fingerprint density at radius 3 is 2.27 bits per heavy atom. The Hall–Kier alpha value is -0.570. The van der Waals surface area contributed by atoms with Crippen LogP contribution in [0.15, 0.2) is 0 Å². The second-order valence-electron chi connectivity index (χ2n) is 2.87. The second-order valence-corrected chi connectivity index (χ2v) is 2.87. The minimum atomic E-state index is -0.333. The summed E-state index contributed by atoms with van der Waals surface area (Å²) in [5, 5.41) is 0. The van der Waals surface area contributed by atoms with E-state index in [2.05, 4.69) is 19.6 Å². The highest BCUT2D eigenvalue weighted by Gasteiger charge is 2.27. The van der Waals surface area contributed by atoms with Crippen LogP contribution < -0.4 is 5.73 Å². The maximum atomic E-state index is 9.22. The first-order valence-electron chi connectivity index (χ1n) is 3.95. The van der Waals surface area contributed by atoms with E-state index in [1.165, 1.54) is 13.3 Å². The molecule has 3 nitrogen and oxygen atoms in total. The van der Waals surface area contributed by atoms with Crippen molar-refractivity contribution in [3.8, 4) is 0 Å². The van der Waals surface area contributed by atoms with Gasteiger partial charge in [0.2, 0.25) is 5.91 Å². The molecule has 1 aliphatic rings. The molecule has 0 aromatic carbocycles. The first-order chi connectivity index (χ1) is 5.07. The van der Waals surface area contributed by atoms with Crippen molar-refractivity contribution in [3.05, 3.63) is 0 Å². The van der Waals surface area contributed by atoms with Crippen molar-refractivity contribution >= 4 is 5.91 Å². The van der Waals surface area contributed by atoms with E-state index in [1.807, 2.05) is 0 Å². The number of nitrogens with two attached hydrogens (primary N) is 1. The largest absolute Gasteiger partial charge is 0.373 e. The van der Waals surface area contributed by atoms with Crippen molar-refractivity contribution in [3.63, 3.8) is 0 Å². The van der Waals surface area contributed by atoms with E-state index >= 15 is 0 Å². The molecule has 1 aliphatic heterocycles. The molecule has 0 aliphatic carbocycles. The van der Waals surface area contributed by atoms with Gasteiger partial charge in [0.15, 0.2) is 0 Å². The maximum absolute atomic E-state index is 9.22. The van der Waals surface area contributed by atoms with Crippen molar-refractivity contribution in [2.24, 2.45) is 11.7 Å². The van der Waals surface area contributed by atoms with Gasteiger partial charge in [0, 0.05) is 6.92 Å². The van der Waals surface area contributed by atoms with E-state index in [4.69, 9.17) is 4.74 Å². The number of rotatable bonds is 2. The Kier molecular flexibility index (Phi) is 4.86. The standard InChI is InChI=1S/C6H12O.C2H5NO/c1-3-5(2)6-4-7-6;1-2(3)4/h5-6H,3-4H2,1-2H3;1H3,(H2,3,4)/t5-,6+;/m0./s1. The summed E-state index contributed by atoms with van der Waals surface area (Å²) in [7, 11) is 0. The van der Waals surface area contributed by atoms with E-state index in [-0.39, 0.29) is 5.91 Å². The Morgan fingerprint density at radius 1 is 1.82 bits per heavy atom. The Bertz CT molecular complexity index is 117. The molecule has 3 heteroatoms. The number of amides is 1. The summed E-state index contributed by atoms with van der Waals surface area (Å²) in [5.41, 5.74) is 4.47. The smallest absolute Gasteiger partial charge is 0.214 e. The Morgan fingerprint density at radius 2 is 2.18 bits per heavy atom. The van der Waals surface area contributed by atoms with Gasteiger partial charge in [-0.25, -0.2) is 0 Å². The zero-order valence-electron chi connectivity index (χ0n) is 7.46. The van der Waals surface area contributed by atoms with Crippen molar-refractivity contribution in [1.29, 1.82) is 0 Å². The van der Waals surface area contributed by atoms with Gasteiger partial charge < -0.3 is 10.5 Å². The minimum absolute atomic E-state index is 0.333. The van der Waals surface area contributed by atoms with E-state index in [0.717, 1.165) is 12.5 Å². The monoisotopic (exact) mass is 159 g/mol. The minimum Gasteiger partial charge on any atom is -0.373 e. The summed E-state index contributed by atoms with van der Waals surface area (Å²) in [5.74, 6) is 0.458. The highest BCUT2D eigenvalue weighted by Crippen LogP contribution is 2.21. The van der Waals surface area contributed by atoms with Crippen LogP contribution in [0.3, 0.4) is 0 Å². The van der Waals surface area contributed by atoms with Gasteiger partial charge in [-0.3, -0.25) is 4.79 Å². The molecule has 1 heterocycles. The molecule has 66 valence electrons. The third-order valence-electron chi connectivity index (χ3n) is 1.64. The average molecular weight is 159 g/mol. The van der Waals surface area contributed by atoms with Gasteiger partial charge in [-0.15, -0.1) is 0 Å². The molecule has 1 rings (SSSR count). The summed E-state index contributed by atoms with van der Waals surface area (Å²) < 4.78 is 5.06. The molecule has 0 spiro atoms. The van der Waals surface area contributed by atoms with Crippen LogP contribution in [0.1, 0.15) is 27.2 Å². The molecule has 0 aromatic rings. The molecular formula is C8H17NO2. The summed E-state index contributed by atoms with van der Waals surface area (Å²) in [4.78, 5) is 9.22. The lowest BCUT2D eigenvalue weighted by Crippen LogP contribution is -2.01. The van der Waals surface area contributed by atoms with E-state index in [1.54, 1.807) is 0 Å².